The van der Waals surface area contributed by atoms with Crippen LogP contribution in [0.1, 0.15) is 19.2 Å². The molecule has 72 valence electrons. The average Bonchev–Trinajstić information content (AvgIpc) is 2.71. The highest BCUT2D eigenvalue weighted by Gasteiger charge is 2.22. The van der Waals surface area contributed by atoms with Crippen molar-refractivity contribution in [3.63, 3.8) is 0 Å². The van der Waals surface area contributed by atoms with Gasteiger partial charge >= 0.3 is 0 Å². The van der Waals surface area contributed by atoms with E-state index in [-0.39, 0.29) is 6.10 Å². The van der Waals surface area contributed by atoms with E-state index < -0.39 is 0 Å². The number of aliphatic hydroxyl groups is 1. The minimum atomic E-state index is -0.186. The summed E-state index contributed by atoms with van der Waals surface area (Å²) in [5.41, 5.74) is 0. The fraction of sp³-hybridized carbons (Fsp3) is 0.750. The number of hydrogen-bond acceptors (Lipinski definition) is 5. The molecular weight excluding hydrogens is 186 g/mol. The van der Waals surface area contributed by atoms with Crippen LogP contribution in [-0.2, 0) is 6.42 Å². The third-order valence-electron chi connectivity index (χ3n) is 2.21. The van der Waals surface area contributed by atoms with Crippen molar-refractivity contribution >= 4 is 16.7 Å². The van der Waals surface area contributed by atoms with Crippen LogP contribution in [-0.4, -0.2) is 33.7 Å². The zero-order chi connectivity index (χ0) is 9.26. The molecule has 1 N–H and O–H groups in total. The summed E-state index contributed by atoms with van der Waals surface area (Å²) in [4.78, 5) is 6.47. The summed E-state index contributed by atoms with van der Waals surface area (Å²) in [6, 6.07) is 0. The maximum Gasteiger partial charge on any atom is 0.205 e. The highest BCUT2D eigenvalue weighted by Crippen LogP contribution is 2.22. The molecule has 2 rings (SSSR count). The van der Waals surface area contributed by atoms with Gasteiger partial charge in [0.1, 0.15) is 5.82 Å². The Balaban J connectivity index is 2.08. The Morgan fingerprint density at radius 1 is 1.69 bits per heavy atom. The molecule has 13 heavy (non-hydrogen) atoms. The molecule has 1 aromatic rings. The molecule has 0 unspecified atom stereocenters. The number of β-amino-alcohol motifs (C(OH)–C–C–N with tert-alkyl or cyclic N) is 1. The van der Waals surface area contributed by atoms with Crippen LogP contribution in [0.15, 0.2) is 0 Å². The fourth-order valence-electron chi connectivity index (χ4n) is 1.43. The Bertz CT molecular complexity index is 289. The molecule has 0 aliphatic carbocycles. The zero-order valence-electron chi connectivity index (χ0n) is 7.60. The molecule has 0 radical (unpaired) electrons. The third-order valence-corrected chi connectivity index (χ3v) is 3.02. The van der Waals surface area contributed by atoms with Gasteiger partial charge in [-0.1, -0.05) is 6.92 Å². The van der Waals surface area contributed by atoms with E-state index in [1.54, 1.807) is 0 Å². The lowest BCUT2D eigenvalue weighted by Gasteiger charge is -2.11. The van der Waals surface area contributed by atoms with Crippen LogP contribution >= 0.6 is 11.5 Å². The summed E-state index contributed by atoms with van der Waals surface area (Å²) < 4.78 is 4.21. The van der Waals surface area contributed by atoms with Crippen molar-refractivity contribution in [2.45, 2.75) is 25.9 Å². The van der Waals surface area contributed by atoms with Gasteiger partial charge in [0.15, 0.2) is 0 Å². The molecule has 1 saturated heterocycles. The summed E-state index contributed by atoms with van der Waals surface area (Å²) in [6.45, 7) is 3.66. The van der Waals surface area contributed by atoms with Crippen LogP contribution in [0.3, 0.4) is 0 Å². The monoisotopic (exact) mass is 199 g/mol. The fourth-order valence-corrected chi connectivity index (χ4v) is 2.22. The van der Waals surface area contributed by atoms with Gasteiger partial charge in [-0.3, -0.25) is 0 Å². The molecule has 0 amide bonds. The lowest BCUT2D eigenvalue weighted by Crippen LogP contribution is -2.20. The predicted molar refractivity (Wildman–Crippen MR) is 52.1 cm³/mol. The van der Waals surface area contributed by atoms with Crippen molar-refractivity contribution in [3.8, 4) is 0 Å². The second kappa shape index (κ2) is 3.59. The Hall–Kier alpha value is -0.680. The van der Waals surface area contributed by atoms with Crippen molar-refractivity contribution in [3.05, 3.63) is 5.82 Å². The maximum atomic E-state index is 9.34. The quantitative estimate of drug-likeness (QED) is 0.760. The van der Waals surface area contributed by atoms with Crippen LogP contribution in [0.5, 0.6) is 0 Å². The molecule has 1 atom stereocenters. The average molecular weight is 199 g/mol. The molecule has 1 aliphatic heterocycles. The molecule has 0 saturated carbocycles. The highest BCUT2D eigenvalue weighted by atomic mass is 32.1. The molecule has 0 spiro atoms. The number of aryl methyl sites for hydroxylation is 1. The standard InChI is InChI=1S/C8H13N3OS/c1-2-7-9-8(13-10-7)11-4-3-6(12)5-11/h6,12H,2-5H2,1H3/t6-/m0/s1. The minimum Gasteiger partial charge on any atom is -0.391 e. The Labute approximate surface area is 81.4 Å². The second-order valence-electron chi connectivity index (χ2n) is 3.24. The number of aromatic nitrogens is 2. The topological polar surface area (TPSA) is 49.2 Å². The molecule has 2 heterocycles. The Morgan fingerprint density at radius 2 is 2.54 bits per heavy atom. The zero-order valence-corrected chi connectivity index (χ0v) is 8.42. The summed E-state index contributed by atoms with van der Waals surface area (Å²) in [5, 5.41) is 10.3. The lowest BCUT2D eigenvalue weighted by atomic mass is 10.3. The lowest BCUT2D eigenvalue weighted by molar-refractivity contribution is 0.198. The molecule has 1 aliphatic rings. The first kappa shape index (κ1) is 8.90. The van der Waals surface area contributed by atoms with Crippen LogP contribution in [0.4, 0.5) is 5.13 Å². The van der Waals surface area contributed by atoms with E-state index in [0.29, 0.717) is 6.54 Å². The van der Waals surface area contributed by atoms with Crippen molar-refractivity contribution in [2.24, 2.45) is 0 Å². The van der Waals surface area contributed by atoms with E-state index in [2.05, 4.69) is 14.3 Å². The van der Waals surface area contributed by atoms with Crippen molar-refractivity contribution in [2.75, 3.05) is 18.0 Å². The summed E-state index contributed by atoms with van der Waals surface area (Å²) in [7, 11) is 0. The second-order valence-corrected chi connectivity index (χ2v) is 3.97. The number of nitrogens with zero attached hydrogens (tertiary/aromatic N) is 3. The number of rotatable bonds is 2. The van der Waals surface area contributed by atoms with Crippen molar-refractivity contribution < 1.29 is 5.11 Å². The first-order valence-electron chi connectivity index (χ1n) is 4.55. The van der Waals surface area contributed by atoms with Gasteiger partial charge in [0, 0.05) is 31.0 Å². The first-order valence-corrected chi connectivity index (χ1v) is 5.32. The van der Waals surface area contributed by atoms with E-state index in [0.717, 1.165) is 30.3 Å². The van der Waals surface area contributed by atoms with Crippen LogP contribution < -0.4 is 4.90 Å². The van der Waals surface area contributed by atoms with Gasteiger partial charge in [0.05, 0.1) is 6.10 Å². The SMILES string of the molecule is CCc1nsc(N2CC[C@H](O)C2)n1. The summed E-state index contributed by atoms with van der Waals surface area (Å²) in [5.74, 6) is 0.904. The molecule has 0 aromatic carbocycles. The number of hydrogen-bond donors (Lipinski definition) is 1. The molecular formula is C8H13N3OS. The molecule has 0 bridgehead atoms. The smallest absolute Gasteiger partial charge is 0.205 e. The van der Waals surface area contributed by atoms with Crippen molar-refractivity contribution in [1.82, 2.24) is 9.36 Å². The largest absolute Gasteiger partial charge is 0.391 e. The van der Waals surface area contributed by atoms with Gasteiger partial charge in [0.2, 0.25) is 5.13 Å². The summed E-state index contributed by atoms with van der Waals surface area (Å²) in [6.07, 6.45) is 1.54. The first-order chi connectivity index (χ1) is 6.29. The van der Waals surface area contributed by atoms with Gasteiger partial charge in [-0.15, -0.1) is 0 Å². The van der Waals surface area contributed by atoms with Gasteiger partial charge in [-0.05, 0) is 6.42 Å². The maximum absolute atomic E-state index is 9.34. The van der Waals surface area contributed by atoms with Gasteiger partial charge < -0.3 is 10.0 Å². The van der Waals surface area contributed by atoms with Gasteiger partial charge in [-0.2, -0.15) is 4.37 Å². The normalized spacial score (nSPS) is 22.6. The number of anilines is 1. The summed E-state index contributed by atoms with van der Waals surface area (Å²) >= 11 is 1.43. The van der Waals surface area contributed by atoms with Gasteiger partial charge in [-0.25, -0.2) is 4.98 Å². The van der Waals surface area contributed by atoms with Crippen LogP contribution in [0.2, 0.25) is 0 Å². The van der Waals surface area contributed by atoms with Crippen molar-refractivity contribution in [1.29, 1.82) is 0 Å². The van der Waals surface area contributed by atoms with Gasteiger partial charge in [0.25, 0.3) is 0 Å². The molecule has 1 fully saturated rings. The van der Waals surface area contributed by atoms with E-state index in [9.17, 15) is 5.11 Å². The number of aliphatic hydroxyl groups excluding tert-OH is 1. The highest BCUT2D eigenvalue weighted by molar-refractivity contribution is 7.09. The molecule has 5 heteroatoms. The Morgan fingerprint density at radius 3 is 3.08 bits per heavy atom. The van der Waals surface area contributed by atoms with E-state index in [4.69, 9.17) is 0 Å². The molecule has 4 nitrogen and oxygen atoms in total. The third kappa shape index (κ3) is 1.81. The molecule has 1 aromatic heterocycles. The predicted octanol–water partition coefficient (Wildman–Crippen LogP) is 0.671. The van der Waals surface area contributed by atoms with E-state index >= 15 is 0 Å². The van der Waals surface area contributed by atoms with E-state index in [1.807, 2.05) is 6.92 Å². The van der Waals surface area contributed by atoms with E-state index in [1.165, 1.54) is 11.5 Å². The Kier molecular flexibility index (Phi) is 2.46. The van der Waals surface area contributed by atoms with Crippen LogP contribution in [0, 0.1) is 0 Å². The van der Waals surface area contributed by atoms with Crippen LogP contribution in [0.25, 0.3) is 0 Å². The minimum absolute atomic E-state index is 0.186.